The van der Waals surface area contributed by atoms with Crippen LogP contribution in [0.15, 0.2) is 11.4 Å². The number of carbonyl (C=O) groups excluding carboxylic acids is 2. The average molecular weight is 273 g/mol. The molecule has 72 valence electrons. The van der Waals surface area contributed by atoms with E-state index in [4.69, 9.17) is 5.73 Å². The molecule has 4 nitrogen and oxygen atoms in total. The number of hydrogen-bond acceptors (Lipinski definition) is 3. The van der Waals surface area contributed by atoms with Crippen molar-refractivity contribution >= 4 is 44.1 Å². The second kappa shape index (κ2) is 4.79. The van der Waals surface area contributed by atoms with Gasteiger partial charge in [0.1, 0.15) is 5.00 Å². The Balaban J connectivity index is 2.85. The second-order valence-corrected chi connectivity index (χ2v) is 3.51. The standard InChI is InChI=1S/C8H5BrN2O2S/c9-3-1-6(12)11-8-5(7(10)13)2-4-14-8/h2,4H,(H2,10,13)(H,11,12). The van der Waals surface area contributed by atoms with Gasteiger partial charge in [-0.2, -0.15) is 0 Å². The number of carbonyl (C=O) groups is 2. The van der Waals surface area contributed by atoms with Gasteiger partial charge in [0.25, 0.3) is 5.91 Å². The highest BCUT2D eigenvalue weighted by atomic mass is 79.9. The highest BCUT2D eigenvalue weighted by Gasteiger charge is 2.10. The van der Waals surface area contributed by atoms with E-state index in [0.29, 0.717) is 10.6 Å². The van der Waals surface area contributed by atoms with E-state index in [9.17, 15) is 9.59 Å². The fourth-order valence-electron chi connectivity index (χ4n) is 0.777. The maximum atomic E-state index is 11.0. The highest BCUT2D eigenvalue weighted by Crippen LogP contribution is 2.22. The Kier molecular flexibility index (Phi) is 3.68. The lowest BCUT2D eigenvalue weighted by atomic mass is 10.3. The van der Waals surface area contributed by atoms with Crippen molar-refractivity contribution in [1.82, 2.24) is 0 Å². The number of nitrogens with two attached hydrogens (primary N) is 1. The van der Waals surface area contributed by atoms with Gasteiger partial charge in [-0.05, 0) is 16.3 Å². The Morgan fingerprint density at radius 2 is 2.29 bits per heavy atom. The van der Waals surface area contributed by atoms with Gasteiger partial charge in [0, 0.05) is 21.9 Å². The lowest BCUT2D eigenvalue weighted by Gasteiger charge is -1.98. The minimum absolute atomic E-state index is 0.291. The summed E-state index contributed by atoms with van der Waals surface area (Å²) in [6.45, 7) is 0. The SMILES string of the molecule is NC(=O)c1ccsc1NC(=O)C#CBr. The van der Waals surface area contributed by atoms with Crippen LogP contribution >= 0.6 is 27.3 Å². The molecule has 0 saturated carbocycles. The van der Waals surface area contributed by atoms with E-state index in [1.165, 1.54) is 11.3 Å². The first-order valence-corrected chi connectivity index (χ1v) is 5.12. The Bertz CT molecular complexity index is 430. The van der Waals surface area contributed by atoms with Crippen molar-refractivity contribution < 1.29 is 9.59 Å². The van der Waals surface area contributed by atoms with E-state index in [1.54, 1.807) is 11.4 Å². The molecular formula is C8H5BrN2O2S. The van der Waals surface area contributed by atoms with E-state index in [2.05, 4.69) is 32.0 Å². The van der Waals surface area contributed by atoms with E-state index < -0.39 is 11.8 Å². The maximum absolute atomic E-state index is 11.0. The van der Waals surface area contributed by atoms with E-state index >= 15 is 0 Å². The molecule has 6 heteroatoms. The summed E-state index contributed by atoms with van der Waals surface area (Å²) < 4.78 is 0. The van der Waals surface area contributed by atoms with Crippen molar-refractivity contribution in [1.29, 1.82) is 0 Å². The largest absolute Gasteiger partial charge is 0.366 e. The number of thiophene rings is 1. The van der Waals surface area contributed by atoms with Crippen molar-refractivity contribution in [2.75, 3.05) is 5.32 Å². The highest BCUT2D eigenvalue weighted by molar-refractivity contribution is 9.12. The Labute approximate surface area is 92.6 Å². The zero-order chi connectivity index (χ0) is 10.6. The third-order valence-corrected chi connectivity index (χ3v) is 2.35. The summed E-state index contributed by atoms with van der Waals surface area (Å²) in [7, 11) is 0. The van der Waals surface area contributed by atoms with Crippen LogP contribution in [0, 0.1) is 10.8 Å². The quantitative estimate of drug-likeness (QED) is 0.793. The predicted octanol–water partition coefficient (Wildman–Crippen LogP) is 1.14. The summed E-state index contributed by atoms with van der Waals surface area (Å²) in [6, 6.07) is 1.55. The Morgan fingerprint density at radius 3 is 2.86 bits per heavy atom. The molecule has 14 heavy (non-hydrogen) atoms. The predicted molar refractivity (Wildman–Crippen MR) is 58.2 cm³/mol. The smallest absolute Gasteiger partial charge is 0.301 e. The number of primary amides is 1. The van der Waals surface area contributed by atoms with Crippen LogP contribution in [-0.2, 0) is 4.79 Å². The molecule has 0 aromatic carbocycles. The first kappa shape index (κ1) is 10.8. The first-order chi connectivity index (χ1) is 6.65. The molecule has 0 aliphatic heterocycles. The molecular weight excluding hydrogens is 268 g/mol. The normalized spacial score (nSPS) is 8.64. The fourth-order valence-corrected chi connectivity index (χ4v) is 1.74. The summed E-state index contributed by atoms with van der Waals surface area (Å²) >= 11 is 4.01. The van der Waals surface area contributed by atoms with E-state index in [-0.39, 0.29) is 0 Å². The number of rotatable bonds is 2. The number of nitrogens with one attached hydrogen (secondary N) is 1. The number of hydrogen-bond donors (Lipinski definition) is 2. The Hall–Kier alpha value is -1.32. The van der Waals surface area contributed by atoms with E-state index in [0.717, 1.165) is 0 Å². The fraction of sp³-hybridized carbons (Fsp3) is 0. The minimum Gasteiger partial charge on any atom is -0.366 e. The molecule has 3 N–H and O–H groups in total. The molecule has 0 fully saturated rings. The van der Waals surface area contributed by atoms with Crippen LogP contribution in [-0.4, -0.2) is 11.8 Å². The van der Waals surface area contributed by atoms with Crippen LogP contribution in [0.1, 0.15) is 10.4 Å². The summed E-state index contributed by atoms with van der Waals surface area (Å²) in [5, 5.41) is 4.53. The molecule has 0 unspecified atom stereocenters. The molecule has 1 aromatic rings. The topological polar surface area (TPSA) is 72.2 Å². The van der Waals surface area contributed by atoms with Gasteiger partial charge in [-0.3, -0.25) is 9.59 Å². The van der Waals surface area contributed by atoms with Gasteiger partial charge >= 0.3 is 5.91 Å². The molecule has 0 aliphatic carbocycles. The zero-order valence-electron chi connectivity index (χ0n) is 6.83. The maximum Gasteiger partial charge on any atom is 0.301 e. The van der Waals surface area contributed by atoms with Crippen LogP contribution in [0.4, 0.5) is 5.00 Å². The number of halogens is 1. The van der Waals surface area contributed by atoms with Crippen LogP contribution in [0.25, 0.3) is 0 Å². The summed E-state index contributed by atoms with van der Waals surface area (Å²) in [5.74, 6) is 1.15. The van der Waals surface area contributed by atoms with Crippen molar-refractivity contribution in [3.05, 3.63) is 17.0 Å². The first-order valence-electron chi connectivity index (χ1n) is 3.45. The molecule has 0 saturated heterocycles. The molecule has 1 heterocycles. The average Bonchev–Trinajstić information content (AvgIpc) is 2.52. The third-order valence-electron chi connectivity index (χ3n) is 1.32. The third kappa shape index (κ3) is 2.58. The Morgan fingerprint density at radius 1 is 1.57 bits per heavy atom. The van der Waals surface area contributed by atoms with Gasteiger partial charge in [-0.1, -0.05) is 0 Å². The minimum atomic E-state index is -0.576. The van der Waals surface area contributed by atoms with Crippen LogP contribution in [0.5, 0.6) is 0 Å². The summed E-state index contributed by atoms with van der Waals surface area (Å²) in [5.41, 5.74) is 5.37. The molecule has 0 aliphatic rings. The van der Waals surface area contributed by atoms with E-state index in [1.807, 2.05) is 0 Å². The second-order valence-electron chi connectivity index (χ2n) is 2.20. The molecule has 1 aromatic heterocycles. The lowest BCUT2D eigenvalue weighted by Crippen LogP contribution is -2.15. The van der Waals surface area contributed by atoms with Gasteiger partial charge < -0.3 is 11.1 Å². The van der Waals surface area contributed by atoms with Crippen LogP contribution in [0.2, 0.25) is 0 Å². The number of amides is 2. The molecule has 0 bridgehead atoms. The van der Waals surface area contributed by atoms with Crippen molar-refractivity contribution in [3.63, 3.8) is 0 Å². The monoisotopic (exact) mass is 272 g/mol. The molecule has 0 atom stereocenters. The van der Waals surface area contributed by atoms with Gasteiger partial charge in [-0.15, -0.1) is 11.3 Å². The molecule has 2 amide bonds. The van der Waals surface area contributed by atoms with Crippen LogP contribution < -0.4 is 11.1 Å². The van der Waals surface area contributed by atoms with Gasteiger partial charge in [0.2, 0.25) is 0 Å². The van der Waals surface area contributed by atoms with Gasteiger partial charge in [-0.25, -0.2) is 0 Å². The lowest BCUT2D eigenvalue weighted by molar-refractivity contribution is -0.111. The van der Waals surface area contributed by atoms with Crippen molar-refractivity contribution in [2.45, 2.75) is 0 Å². The zero-order valence-corrected chi connectivity index (χ0v) is 9.24. The molecule has 1 rings (SSSR count). The number of anilines is 1. The van der Waals surface area contributed by atoms with Crippen LogP contribution in [0.3, 0.4) is 0 Å². The van der Waals surface area contributed by atoms with Crippen molar-refractivity contribution in [3.8, 4) is 10.8 Å². The molecule has 0 spiro atoms. The summed E-state index contributed by atoms with van der Waals surface area (Å²) in [6.07, 6.45) is 0. The summed E-state index contributed by atoms with van der Waals surface area (Å²) in [4.78, 5) is 24.1. The van der Waals surface area contributed by atoms with Gasteiger partial charge in [0.15, 0.2) is 0 Å². The van der Waals surface area contributed by atoms with Gasteiger partial charge in [0.05, 0.1) is 5.56 Å². The van der Waals surface area contributed by atoms with Crippen molar-refractivity contribution in [2.24, 2.45) is 5.73 Å². The molecule has 0 radical (unpaired) electrons.